The maximum atomic E-state index is 13.0. The monoisotopic (exact) mass is 345 g/mol. The SMILES string of the molecule is Fc1ccc(-c2nnc(CNc3ccccc3-c3ccccc3)o2)cc1. The maximum Gasteiger partial charge on any atom is 0.247 e. The van der Waals surface area contributed by atoms with Crippen LogP contribution >= 0.6 is 0 Å². The van der Waals surface area contributed by atoms with Crippen LogP contribution in [-0.2, 0) is 6.54 Å². The molecule has 4 rings (SSSR count). The fourth-order valence-electron chi connectivity index (χ4n) is 2.71. The molecule has 0 aliphatic heterocycles. The average molecular weight is 345 g/mol. The van der Waals surface area contributed by atoms with Gasteiger partial charge in [0.15, 0.2) is 0 Å². The number of nitrogens with one attached hydrogen (secondary N) is 1. The molecule has 0 spiro atoms. The second-order valence-corrected chi connectivity index (χ2v) is 5.77. The maximum absolute atomic E-state index is 13.0. The van der Waals surface area contributed by atoms with Crippen LogP contribution in [-0.4, -0.2) is 10.2 Å². The summed E-state index contributed by atoms with van der Waals surface area (Å²) in [6, 6.07) is 24.2. The van der Waals surface area contributed by atoms with Gasteiger partial charge in [0.1, 0.15) is 5.82 Å². The average Bonchev–Trinajstić information content (AvgIpc) is 3.17. The van der Waals surface area contributed by atoms with Crippen molar-refractivity contribution in [2.75, 3.05) is 5.32 Å². The topological polar surface area (TPSA) is 51.0 Å². The Labute approximate surface area is 150 Å². The van der Waals surface area contributed by atoms with Crippen molar-refractivity contribution in [3.05, 3.63) is 90.6 Å². The van der Waals surface area contributed by atoms with Crippen molar-refractivity contribution >= 4 is 5.69 Å². The first-order chi connectivity index (χ1) is 12.8. The fourth-order valence-corrected chi connectivity index (χ4v) is 2.71. The van der Waals surface area contributed by atoms with Crippen LogP contribution in [0.4, 0.5) is 10.1 Å². The van der Waals surface area contributed by atoms with Gasteiger partial charge in [-0.05, 0) is 35.9 Å². The molecule has 0 amide bonds. The van der Waals surface area contributed by atoms with Gasteiger partial charge in [0.2, 0.25) is 11.8 Å². The number of nitrogens with zero attached hydrogens (tertiary/aromatic N) is 2. The van der Waals surface area contributed by atoms with E-state index in [1.54, 1.807) is 12.1 Å². The van der Waals surface area contributed by atoms with Crippen LogP contribution in [0.25, 0.3) is 22.6 Å². The van der Waals surface area contributed by atoms with Gasteiger partial charge in [0.25, 0.3) is 0 Å². The van der Waals surface area contributed by atoms with Gasteiger partial charge in [-0.15, -0.1) is 10.2 Å². The third kappa shape index (κ3) is 3.47. The van der Waals surface area contributed by atoms with Crippen molar-refractivity contribution in [3.8, 4) is 22.6 Å². The molecule has 0 saturated heterocycles. The standard InChI is InChI=1S/C21H16FN3O/c22-17-12-10-16(11-13-17)21-25-24-20(26-21)14-23-19-9-5-4-8-18(19)15-6-2-1-3-7-15/h1-13,23H,14H2. The van der Waals surface area contributed by atoms with E-state index in [2.05, 4.69) is 33.7 Å². The molecule has 128 valence electrons. The normalized spacial score (nSPS) is 10.7. The van der Waals surface area contributed by atoms with Gasteiger partial charge in [-0.3, -0.25) is 0 Å². The molecule has 0 aliphatic rings. The van der Waals surface area contributed by atoms with E-state index in [-0.39, 0.29) is 5.82 Å². The first-order valence-electron chi connectivity index (χ1n) is 8.26. The summed E-state index contributed by atoms with van der Waals surface area (Å²) in [5.41, 5.74) is 3.91. The van der Waals surface area contributed by atoms with Crippen LogP contribution in [0.5, 0.6) is 0 Å². The zero-order chi connectivity index (χ0) is 17.8. The molecule has 1 aromatic heterocycles. The molecule has 0 fully saturated rings. The number of hydrogen-bond acceptors (Lipinski definition) is 4. The Balaban J connectivity index is 1.51. The molecule has 5 heteroatoms. The molecule has 0 bridgehead atoms. The van der Waals surface area contributed by atoms with Gasteiger partial charge < -0.3 is 9.73 Å². The summed E-state index contributed by atoms with van der Waals surface area (Å²) in [7, 11) is 0. The number of rotatable bonds is 5. The molecule has 1 N–H and O–H groups in total. The second-order valence-electron chi connectivity index (χ2n) is 5.77. The first kappa shape index (κ1) is 16.0. The summed E-state index contributed by atoms with van der Waals surface area (Å²) in [6.07, 6.45) is 0. The Morgan fingerprint density at radius 3 is 2.31 bits per heavy atom. The molecule has 0 aliphatic carbocycles. The molecule has 4 aromatic rings. The highest BCUT2D eigenvalue weighted by Gasteiger charge is 2.10. The molecule has 0 unspecified atom stereocenters. The van der Waals surface area contributed by atoms with E-state index in [4.69, 9.17) is 4.42 Å². The van der Waals surface area contributed by atoms with E-state index in [0.29, 0.717) is 23.9 Å². The van der Waals surface area contributed by atoms with Gasteiger partial charge >= 0.3 is 0 Å². The van der Waals surface area contributed by atoms with Crippen molar-refractivity contribution in [2.45, 2.75) is 6.54 Å². The Kier molecular flexibility index (Phi) is 4.43. The summed E-state index contributed by atoms with van der Waals surface area (Å²) in [6.45, 7) is 0.401. The van der Waals surface area contributed by atoms with Crippen molar-refractivity contribution in [2.24, 2.45) is 0 Å². The fraction of sp³-hybridized carbons (Fsp3) is 0.0476. The predicted molar refractivity (Wildman–Crippen MR) is 98.9 cm³/mol. The first-order valence-corrected chi connectivity index (χ1v) is 8.26. The van der Waals surface area contributed by atoms with Gasteiger partial charge in [-0.2, -0.15) is 0 Å². The minimum Gasteiger partial charge on any atom is -0.419 e. The number of aromatic nitrogens is 2. The van der Waals surface area contributed by atoms with Gasteiger partial charge in [-0.1, -0.05) is 48.5 Å². The van der Waals surface area contributed by atoms with Gasteiger partial charge in [-0.25, -0.2) is 4.39 Å². The summed E-state index contributed by atoms with van der Waals surface area (Å²) in [5.74, 6) is 0.540. The predicted octanol–water partition coefficient (Wildman–Crippen LogP) is 5.15. The highest BCUT2D eigenvalue weighted by Crippen LogP contribution is 2.28. The zero-order valence-electron chi connectivity index (χ0n) is 13.9. The van der Waals surface area contributed by atoms with Crippen LogP contribution in [0, 0.1) is 5.82 Å². The molecule has 3 aromatic carbocycles. The molecule has 0 radical (unpaired) electrons. The summed E-state index contributed by atoms with van der Waals surface area (Å²) in [4.78, 5) is 0. The molecular formula is C21H16FN3O. The number of halogens is 1. The minimum atomic E-state index is -0.298. The lowest BCUT2D eigenvalue weighted by atomic mass is 10.0. The third-order valence-electron chi connectivity index (χ3n) is 4.00. The van der Waals surface area contributed by atoms with Crippen molar-refractivity contribution in [3.63, 3.8) is 0 Å². The molecular weight excluding hydrogens is 329 g/mol. The molecule has 26 heavy (non-hydrogen) atoms. The number of para-hydroxylation sites is 1. The van der Waals surface area contributed by atoms with E-state index in [9.17, 15) is 4.39 Å². The number of benzene rings is 3. The van der Waals surface area contributed by atoms with Gasteiger partial charge in [0, 0.05) is 16.8 Å². The van der Waals surface area contributed by atoms with Crippen LogP contribution in [0.1, 0.15) is 5.89 Å². The van der Waals surface area contributed by atoms with Crippen LogP contribution < -0.4 is 5.32 Å². The number of hydrogen-bond donors (Lipinski definition) is 1. The minimum absolute atomic E-state index is 0.298. The summed E-state index contributed by atoms with van der Waals surface area (Å²) < 4.78 is 18.7. The smallest absolute Gasteiger partial charge is 0.247 e. The Morgan fingerprint density at radius 1 is 0.769 bits per heavy atom. The van der Waals surface area contributed by atoms with Crippen molar-refractivity contribution in [1.82, 2.24) is 10.2 Å². The lowest BCUT2D eigenvalue weighted by Gasteiger charge is -2.10. The lowest BCUT2D eigenvalue weighted by Crippen LogP contribution is -2.01. The highest BCUT2D eigenvalue weighted by atomic mass is 19.1. The van der Waals surface area contributed by atoms with Crippen molar-refractivity contribution in [1.29, 1.82) is 0 Å². The van der Waals surface area contributed by atoms with E-state index in [1.165, 1.54) is 12.1 Å². The Morgan fingerprint density at radius 2 is 1.50 bits per heavy atom. The van der Waals surface area contributed by atoms with Crippen LogP contribution in [0.3, 0.4) is 0 Å². The van der Waals surface area contributed by atoms with Crippen LogP contribution in [0.2, 0.25) is 0 Å². The molecule has 4 nitrogen and oxygen atoms in total. The van der Waals surface area contributed by atoms with Gasteiger partial charge in [0.05, 0.1) is 6.54 Å². The lowest BCUT2D eigenvalue weighted by molar-refractivity contribution is 0.515. The van der Waals surface area contributed by atoms with Crippen LogP contribution in [0.15, 0.2) is 83.3 Å². The highest BCUT2D eigenvalue weighted by molar-refractivity contribution is 5.77. The molecule has 0 saturated carbocycles. The van der Waals surface area contributed by atoms with E-state index >= 15 is 0 Å². The van der Waals surface area contributed by atoms with E-state index < -0.39 is 0 Å². The molecule has 1 heterocycles. The summed E-state index contributed by atoms with van der Waals surface area (Å²) >= 11 is 0. The molecule has 0 atom stereocenters. The third-order valence-corrected chi connectivity index (χ3v) is 4.00. The number of anilines is 1. The summed E-state index contributed by atoms with van der Waals surface area (Å²) in [5, 5.41) is 11.4. The largest absolute Gasteiger partial charge is 0.419 e. The Hall–Kier alpha value is -3.47. The zero-order valence-corrected chi connectivity index (χ0v) is 13.9. The van der Waals surface area contributed by atoms with Crippen molar-refractivity contribution < 1.29 is 8.81 Å². The van der Waals surface area contributed by atoms with E-state index in [1.807, 2.05) is 36.4 Å². The second kappa shape index (κ2) is 7.19. The quantitative estimate of drug-likeness (QED) is 0.543. The Bertz CT molecular complexity index is 997. The van der Waals surface area contributed by atoms with E-state index in [0.717, 1.165) is 16.8 Å².